The van der Waals surface area contributed by atoms with Crippen LogP contribution < -0.4 is 0 Å². The van der Waals surface area contributed by atoms with Gasteiger partial charge < -0.3 is 0 Å². The van der Waals surface area contributed by atoms with E-state index >= 15 is 0 Å². The molecule has 0 aromatic heterocycles. The maximum absolute atomic E-state index is 14.4. The van der Waals surface area contributed by atoms with Gasteiger partial charge in [0.05, 0.1) is 0 Å². The molecule has 6 aromatic rings. The Balaban J connectivity index is 1.05. The molecule has 0 spiro atoms. The van der Waals surface area contributed by atoms with Crippen molar-refractivity contribution in [3.8, 4) is 0 Å². The molecule has 0 N–H and O–H groups in total. The van der Waals surface area contributed by atoms with Gasteiger partial charge in [0.25, 0.3) is 0 Å². The van der Waals surface area contributed by atoms with Crippen LogP contribution in [0.1, 0.15) is 58.8 Å². The predicted molar refractivity (Wildman–Crippen MR) is 167 cm³/mol. The average Bonchev–Trinajstić information content (AvgIpc) is 3.78. The van der Waals surface area contributed by atoms with Crippen LogP contribution in [0.15, 0.2) is 119 Å². The van der Waals surface area contributed by atoms with E-state index in [4.69, 9.17) is 0 Å². The number of rotatable bonds is 0. The van der Waals surface area contributed by atoms with Gasteiger partial charge in [0.15, 0.2) is 11.6 Å². The van der Waals surface area contributed by atoms with Gasteiger partial charge >= 0.3 is 0 Å². The molecule has 0 radical (unpaired) electrons. The number of carbonyl (C=O) groups is 2. The topological polar surface area (TPSA) is 34.1 Å². The highest BCUT2D eigenvalue weighted by Crippen LogP contribution is 2.65. The lowest BCUT2D eigenvalue weighted by atomic mass is 9.70. The van der Waals surface area contributed by atoms with Gasteiger partial charge in [-0.1, -0.05) is 72.8 Å². The van der Waals surface area contributed by atoms with Crippen LogP contribution in [0, 0.1) is 0 Å². The maximum atomic E-state index is 14.4. The molecule has 5 aliphatic carbocycles. The van der Waals surface area contributed by atoms with E-state index in [0.717, 1.165) is 35.1 Å². The summed E-state index contributed by atoms with van der Waals surface area (Å²) in [6.07, 6.45) is 1.71. The molecular formula is C40H24O2. The van der Waals surface area contributed by atoms with Crippen molar-refractivity contribution in [1.82, 2.24) is 0 Å². The highest BCUT2D eigenvalue weighted by atomic mass is 16.1. The van der Waals surface area contributed by atoms with Crippen molar-refractivity contribution in [2.24, 2.45) is 0 Å². The highest BCUT2D eigenvalue weighted by Gasteiger charge is 2.57. The summed E-state index contributed by atoms with van der Waals surface area (Å²) < 4.78 is 0. The van der Waals surface area contributed by atoms with E-state index in [2.05, 4.69) is 97.1 Å². The van der Waals surface area contributed by atoms with E-state index in [0.29, 0.717) is 0 Å². The van der Waals surface area contributed by atoms with Gasteiger partial charge in [0.1, 0.15) is 0 Å². The van der Waals surface area contributed by atoms with Crippen LogP contribution >= 0.6 is 0 Å². The van der Waals surface area contributed by atoms with Crippen LogP contribution in [-0.4, -0.2) is 11.6 Å². The van der Waals surface area contributed by atoms with Gasteiger partial charge in [-0.05, 0) is 102 Å². The van der Waals surface area contributed by atoms with Gasteiger partial charge in [0.2, 0.25) is 0 Å². The third kappa shape index (κ3) is 2.46. The van der Waals surface area contributed by atoms with Gasteiger partial charge in [0, 0.05) is 46.0 Å². The standard InChI is InChI=1S/C40H24O2/c41-39-35-31-17-32(28-14-24-10-20-6-2-1-5-19(20)9-23(24)13-27(28)31)36(35)40(42)38-34-18-33(37(38)39)29-15-25-11-21-7-3-4-8-22(21)12-26(25)16-30(29)34/h1-16,31-34H,17-18H2/t31-,32+,33+,34-. The number of hydrogen-bond acceptors (Lipinski definition) is 2. The molecule has 0 amide bonds. The van der Waals surface area contributed by atoms with Crippen molar-refractivity contribution >= 4 is 54.7 Å². The van der Waals surface area contributed by atoms with Crippen molar-refractivity contribution < 1.29 is 9.59 Å². The molecular weight excluding hydrogens is 512 g/mol. The first-order valence-corrected chi connectivity index (χ1v) is 15.1. The zero-order valence-electron chi connectivity index (χ0n) is 22.8. The summed E-state index contributed by atoms with van der Waals surface area (Å²) in [7, 11) is 0. The summed E-state index contributed by atoms with van der Waals surface area (Å²) in [5.74, 6) is 0.443. The molecule has 2 nitrogen and oxygen atoms in total. The number of fused-ring (bicyclic) bond motifs is 18. The second-order valence-electron chi connectivity index (χ2n) is 13.0. The maximum Gasteiger partial charge on any atom is 0.187 e. The largest absolute Gasteiger partial charge is 0.289 e. The molecule has 0 aliphatic heterocycles. The molecule has 0 heterocycles. The number of hydrogen-bond donors (Lipinski definition) is 0. The molecule has 4 atom stereocenters. The molecule has 5 aliphatic rings. The quantitative estimate of drug-likeness (QED) is 0.143. The molecule has 0 saturated carbocycles. The minimum atomic E-state index is 0.0305. The van der Waals surface area contributed by atoms with Crippen LogP contribution in [-0.2, 0) is 9.59 Å². The van der Waals surface area contributed by atoms with Crippen molar-refractivity contribution in [3.63, 3.8) is 0 Å². The SMILES string of the molecule is O=C1C2=C(C(=O)C3=C1[C@@H]1C[C@H]3c3cc4cc5ccccc5cc4cc31)[C@@H]1C[C@H]2c2cc3cc4ccccc4cc3cc21. The van der Waals surface area contributed by atoms with Crippen LogP contribution in [0.3, 0.4) is 0 Å². The zero-order chi connectivity index (χ0) is 27.4. The van der Waals surface area contributed by atoms with Crippen LogP contribution in [0.5, 0.6) is 0 Å². The normalized spacial score (nSPS) is 24.9. The van der Waals surface area contributed by atoms with Crippen LogP contribution in [0.25, 0.3) is 43.1 Å². The minimum Gasteiger partial charge on any atom is -0.289 e. The number of benzene rings is 6. The lowest BCUT2D eigenvalue weighted by molar-refractivity contribution is -0.116. The second-order valence-corrected chi connectivity index (χ2v) is 13.0. The van der Waals surface area contributed by atoms with E-state index in [1.807, 2.05) is 0 Å². The monoisotopic (exact) mass is 536 g/mol. The summed E-state index contributed by atoms with van der Waals surface area (Å²) in [5, 5.41) is 9.77. The third-order valence-electron chi connectivity index (χ3n) is 11.2. The molecule has 0 unspecified atom stereocenters. The number of Topliss-reactive ketones (excluding diaryl/α,β-unsaturated/α-hetero) is 2. The molecule has 0 fully saturated rings. The lowest BCUT2D eigenvalue weighted by Crippen LogP contribution is -2.29. The van der Waals surface area contributed by atoms with Gasteiger partial charge in [-0.2, -0.15) is 0 Å². The summed E-state index contributed by atoms with van der Waals surface area (Å²) in [6.45, 7) is 0. The first kappa shape index (κ1) is 21.9. The Hall–Kier alpha value is -4.82. The predicted octanol–water partition coefficient (Wildman–Crippen LogP) is 8.91. The Kier molecular flexibility index (Phi) is 3.72. The highest BCUT2D eigenvalue weighted by molar-refractivity contribution is 6.29. The van der Waals surface area contributed by atoms with Gasteiger partial charge in [-0.15, -0.1) is 0 Å². The van der Waals surface area contributed by atoms with E-state index in [-0.39, 0.29) is 35.2 Å². The average molecular weight is 537 g/mol. The smallest absolute Gasteiger partial charge is 0.187 e. The summed E-state index contributed by atoms with van der Waals surface area (Å²) >= 11 is 0. The fourth-order valence-electron chi connectivity index (χ4n) is 9.50. The molecule has 2 heteroatoms. The molecule has 196 valence electrons. The minimum absolute atomic E-state index is 0.0305. The number of carbonyl (C=O) groups excluding carboxylic acids is 2. The summed E-state index contributed by atoms with van der Waals surface area (Å²) in [5.41, 5.74) is 8.30. The van der Waals surface area contributed by atoms with Crippen molar-refractivity contribution in [2.45, 2.75) is 36.5 Å². The molecule has 11 rings (SSSR count). The fraction of sp³-hybridized carbons (Fsp3) is 0.150. The molecule has 6 aromatic carbocycles. The van der Waals surface area contributed by atoms with Crippen LogP contribution in [0.2, 0.25) is 0 Å². The van der Waals surface area contributed by atoms with E-state index < -0.39 is 0 Å². The van der Waals surface area contributed by atoms with Gasteiger partial charge in [-0.25, -0.2) is 0 Å². The molecule has 42 heavy (non-hydrogen) atoms. The van der Waals surface area contributed by atoms with Crippen molar-refractivity contribution in [3.05, 3.63) is 142 Å². The fourth-order valence-corrected chi connectivity index (χ4v) is 9.50. The second kappa shape index (κ2) is 7.14. The Morgan fingerprint density at radius 1 is 0.357 bits per heavy atom. The Morgan fingerprint density at radius 2 is 0.619 bits per heavy atom. The first-order chi connectivity index (χ1) is 20.6. The summed E-state index contributed by atoms with van der Waals surface area (Å²) in [4.78, 5) is 28.9. The van der Waals surface area contributed by atoms with E-state index in [1.54, 1.807) is 0 Å². The molecule has 4 bridgehead atoms. The van der Waals surface area contributed by atoms with Crippen LogP contribution in [0.4, 0.5) is 0 Å². The van der Waals surface area contributed by atoms with Crippen molar-refractivity contribution in [1.29, 1.82) is 0 Å². The number of allylic oxidation sites excluding steroid dienone is 4. The Morgan fingerprint density at radius 3 is 0.881 bits per heavy atom. The summed E-state index contributed by atoms with van der Waals surface area (Å²) in [6, 6.07) is 35.2. The lowest BCUT2D eigenvalue weighted by Gasteiger charge is -2.31. The van der Waals surface area contributed by atoms with Crippen molar-refractivity contribution in [2.75, 3.05) is 0 Å². The van der Waals surface area contributed by atoms with E-state index in [9.17, 15) is 9.59 Å². The molecule has 0 saturated heterocycles. The third-order valence-corrected chi connectivity index (χ3v) is 11.2. The number of ketones is 2. The first-order valence-electron chi connectivity index (χ1n) is 15.1. The van der Waals surface area contributed by atoms with E-state index in [1.165, 1.54) is 65.3 Å². The zero-order valence-corrected chi connectivity index (χ0v) is 22.8. The van der Waals surface area contributed by atoms with Gasteiger partial charge in [-0.3, -0.25) is 9.59 Å². The Labute approximate surface area is 242 Å². The Bertz CT molecular complexity index is 2090.